The van der Waals surface area contributed by atoms with Crippen LogP contribution in [0.2, 0.25) is 10.0 Å². The molecule has 2 aromatic carbocycles. The number of azo groups is 1. The molecule has 3 rings (SSSR count). The van der Waals surface area contributed by atoms with Gasteiger partial charge in [-0.2, -0.15) is 10.2 Å². The van der Waals surface area contributed by atoms with Gasteiger partial charge in [0.2, 0.25) is 6.10 Å². The third-order valence-electron chi connectivity index (χ3n) is 3.93. The molecule has 3 aromatic rings. The number of nitrogens with one attached hydrogen (secondary N) is 1. The average molecular weight is 432 g/mol. The molecule has 7 nitrogen and oxygen atoms in total. The highest BCUT2D eigenvalue weighted by Gasteiger charge is 2.34. The monoisotopic (exact) mass is 431 g/mol. The van der Waals surface area contributed by atoms with Gasteiger partial charge in [-0.3, -0.25) is 9.89 Å². The van der Waals surface area contributed by atoms with E-state index in [4.69, 9.17) is 27.9 Å². The molecule has 0 fully saturated rings. The lowest BCUT2D eigenvalue weighted by atomic mass is 9.87. The van der Waals surface area contributed by atoms with Crippen LogP contribution in [0.3, 0.4) is 0 Å². The lowest BCUT2D eigenvalue weighted by Gasteiger charge is -2.23. The predicted molar refractivity (Wildman–Crippen MR) is 111 cm³/mol. The van der Waals surface area contributed by atoms with Crippen molar-refractivity contribution in [3.8, 4) is 5.75 Å². The summed E-state index contributed by atoms with van der Waals surface area (Å²) in [6.45, 7) is 5.48. The van der Waals surface area contributed by atoms with Crippen molar-refractivity contribution in [1.29, 1.82) is 0 Å². The van der Waals surface area contributed by atoms with E-state index in [0.29, 0.717) is 33.0 Å². The van der Waals surface area contributed by atoms with Crippen LogP contribution in [0.4, 0.5) is 11.4 Å². The average Bonchev–Trinajstić information content (AvgIpc) is 3.19. The number of ketones is 1. The molecule has 1 N–H and O–H groups in total. The first-order chi connectivity index (χ1) is 13.7. The normalized spacial score (nSPS) is 12.9. The SMILES string of the molecule is CC(C)(C)C(=O)C(Oc1ccc(N=Nc2ccc(Cl)cc2Cl)cc1)c1ncn[nH]1. The second-order valence-electron chi connectivity index (χ2n) is 7.27. The van der Waals surface area contributed by atoms with E-state index < -0.39 is 11.5 Å². The molecule has 0 amide bonds. The van der Waals surface area contributed by atoms with Gasteiger partial charge in [-0.1, -0.05) is 44.0 Å². The molecule has 0 aliphatic heterocycles. The molecule has 1 atom stereocenters. The summed E-state index contributed by atoms with van der Waals surface area (Å²) in [4.78, 5) is 16.9. The Morgan fingerprint density at radius 2 is 1.83 bits per heavy atom. The number of carbonyl (C=O) groups excluding carboxylic acids is 1. The molecule has 0 saturated carbocycles. The number of aromatic nitrogens is 3. The van der Waals surface area contributed by atoms with Gasteiger partial charge in [0.25, 0.3) is 0 Å². The number of benzene rings is 2. The number of aromatic amines is 1. The quantitative estimate of drug-likeness (QED) is 0.465. The maximum atomic E-state index is 12.8. The van der Waals surface area contributed by atoms with Gasteiger partial charge >= 0.3 is 0 Å². The molecule has 0 saturated heterocycles. The molecule has 9 heteroatoms. The fourth-order valence-corrected chi connectivity index (χ4v) is 2.82. The van der Waals surface area contributed by atoms with Crippen molar-refractivity contribution in [2.45, 2.75) is 26.9 Å². The topological polar surface area (TPSA) is 92.6 Å². The number of carbonyl (C=O) groups is 1. The Kier molecular flexibility index (Phi) is 6.30. The van der Waals surface area contributed by atoms with E-state index in [0.717, 1.165) is 0 Å². The number of hydrogen-bond donors (Lipinski definition) is 1. The number of halogens is 2. The van der Waals surface area contributed by atoms with Crippen molar-refractivity contribution in [2.24, 2.45) is 15.6 Å². The number of Topliss-reactive ketones (excluding diaryl/α,β-unsaturated/α-hetero) is 1. The largest absolute Gasteiger partial charge is 0.475 e. The van der Waals surface area contributed by atoms with Crippen LogP contribution in [0, 0.1) is 5.41 Å². The number of rotatable bonds is 6. The summed E-state index contributed by atoms with van der Waals surface area (Å²) in [6, 6.07) is 11.8. The first kappa shape index (κ1) is 21.0. The maximum absolute atomic E-state index is 12.8. The number of ether oxygens (including phenoxy) is 1. The summed E-state index contributed by atoms with van der Waals surface area (Å²) in [5.74, 6) is 0.730. The Morgan fingerprint density at radius 3 is 2.41 bits per heavy atom. The van der Waals surface area contributed by atoms with Crippen molar-refractivity contribution in [1.82, 2.24) is 15.2 Å². The third kappa shape index (κ3) is 5.40. The molecule has 29 heavy (non-hydrogen) atoms. The fraction of sp³-hybridized carbons (Fsp3) is 0.250. The molecule has 1 heterocycles. The Hall–Kier alpha value is -2.77. The van der Waals surface area contributed by atoms with Crippen LogP contribution < -0.4 is 4.74 Å². The standard InChI is InChI=1S/C20H19Cl2N5O2/c1-20(2,3)18(28)17(19-23-11-24-27-19)29-14-7-5-13(6-8-14)25-26-16-9-4-12(21)10-15(16)22/h4-11,17H,1-3H3,(H,23,24,27). The van der Waals surface area contributed by atoms with E-state index in [2.05, 4.69) is 25.4 Å². The van der Waals surface area contributed by atoms with E-state index in [-0.39, 0.29) is 5.78 Å². The van der Waals surface area contributed by atoms with Crippen LogP contribution in [-0.4, -0.2) is 21.0 Å². The summed E-state index contributed by atoms with van der Waals surface area (Å²) >= 11 is 12.0. The molecule has 0 aliphatic rings. The zero-order valence-electron chi connectivity index (χ0n) is 16.1. The first-order valence-corrected chi connectivity index (χ1v) is 9.53. The smallest absolute Gasteiger partial charge is 0.216 e. The van der Waals surface area contributed by atoms with Gasteiger partial charge in [0.15, 0.2) is 11.6 Å². The molecule has 0 radical (unpaired) electrons. The van der Waals surface area contributed by atoms with Gasteiger partial charge in [0.1, 0.15) is 17.8 Å². The lowest BCUT2D eigenvalue weighted by Crippen LogP contribution is -2.31. The zero-order chi connectivity index (χ0) is 21.0. The van der Waals surface area contributed by atoms with Crippen LogP contribution in [0.25, 0.3) is 0 Å². The van der Waals surface area contributed by atoms with E-state index in [1.165, 1.54) is 6.33 Å². The minimum absolute atomic E-state index is 0.115. The third-order valence-corrected chi connectivity index (χ3v) is 4.47. The van der Waals surface area contributed by atoms with Gasteiger partial charge in [0, 0.05) is 10.4 Å². The molecular formula is C20H19Cl2N5O2. The highest BCUT2D eigenvalue weighted by molar-refractivity contribution is 6.36. The first-order valence-electron chi connectivity index (χ1n) is 8.77. The van der Waals surface area contributed by atoms with Crippen LogP contribution in [0.1, 0.15) is 32.7 Å². The highest BCUT2D eigenvalue weighted by Crippen LogP contribution is 2.31. The van der Waals surface area contributed by atoms with Crippen molar-refractivity contribution in [3.63, 3.8) is 0 Å². The molecule has 0 spiro atoms. The van der Waals surface area contributed by atoms with E-state index in [1.54, 1.807) is 42.5 Å². The minimum Gasteiger partial charge on any atom is -0.475 e. The summed E-state index contributed by atoms with van der Waals surface area (Å²) in [6.07, 6.45) is 0.449. The summed E-state index contributed by atoms with van der Waals surface area (Å²) in [5.41, 5.74) is 0.503. The van der Waals surface area contributed by atoms with Crippen molar-refractivity contribution < 1.29 is 9.53 Å². The summed E-state index contributed by atoms with van der Waals surface area (Å²) in [7, 11) is 0. The van der Waals surface area contributed by atoms with Crippen LogP contribution in [0.15, 0.2) is 59.0 Å². The van der Waals surface area contributed by atoms with Gasteiger partial charge in [-0.15, -0.1) is 5.11 Å². The lowest BCUT2D eigenvalue weighted by molar-refractivity contribution is -0.134. The summed E-state index contributed by atoms with van der Waals surface area (Å²) in [5, 5.41) is 15.7. The number of nitrogens with zero attached hydrogens (tertiary/aromatic N) is 4. The highest BCUT2D eigenvalue weighted by atomic mass is 35.5. The minimum atomic E-state index is -0.891. The molecule has 150 valence electrons. The summed E-state index contributed by atoms with van der Waals surface area (Å²) < 4.78 is 5.91. The van der Waals surface area contributed by atoms with E-state index in [1.807, 2.05) is 20.8 Å². The van der Waals surface area contributed by atoms with Gasteiger partial charge in [-0.05, 0) is 42.5 Å². The van der Waals surface area contributed by atoms with Crippen LogP contribution in [0.5, 0.6) is 5.75 Å². The Labute approximate surface area is 178 Å². The van der Waals surface area contributed by atoms with Crippen molar-refractivity contribution in [3.05, 3.63) is 64.7 Å². The van der Waals surface area contributed by atoms with Crippen LogP contribution >= 0.6 is 23.2 Å². The van der Waals surface area contributed by atoms with Crippen molar-refractivity contribution >= 4 is 40.4 Å². The molecular weight excluding hydrogens is 413 g/mol. The Bertz CT molecular complexity index is 1010. The van der Waals surface area contributed by atoms with E-state index in [9.17, 15) is 4.79 Å². The van der Waals surface area contributed by atoms with Gasteiger partial charge in [0.05, 0.1) is 10.7 Å². The second kappa shape index (κ2) is 8.71. The Balaban J connectivity index is 1.76. The van der Waals surface area contributed by atoms with Crippen molar-refractivity contribution in [2.75, 3.05) is 0 Å². The predicted octanol–water partition coefficient (Wildman–Crippen LogP) is 6.26. The number of H-pyrrole nitrogens is 1. The van der Waals surface area contributed by atoms with Gasteiger partial charge < -0.3 is 4.74 Å². The van der Waals surface area contributed by atoms with E-state index >= 15 is 0 Å². The second-order valence-corrected chi connectivity index (χ2v) is 8.12. The molecule has 0 bridgehead atoms. The fourth-order valence-electron chi connectivity index (χ4n) is 2.37. The molecule has 0 aliphatic carbocycles. The Morgan fingerprint density at radius 1 is 1.10 bits per heavy atom. The zero-order valence-corrected chi connectivity index (χ0v) is 17.6. The van der Waals surface area contributed by atoms with Crippen LogP contribution in [-0.2, 0) is 4.79 Å². The maximum Gasteiger partial charge on any atom is 0.216 e. The number of hydrogen-bond acceptors (Lipinski definition) is 6. The molecule has 1 aromatic heterocycles. The van der Waals surface area contributed by atoms with Gasteiger partial charge in [-0.25, -0.2) is 4.98 Å². The molecule has 1 unspecified atom stereocenters.